The lowest BCUT2D eigenvalue weighted by molar-refractivity contribution is -0.121. The molecule has 9 nitrogen and oxygen atoms in total. The summed E-state index contributed by atoms with van der Waals surface area (Å²) in [6.45, 7) is 2.00. The van der Waals surface area contributed by atoms with Crippen LogP contribution in [0.1, 0.15) is 34.8 Å². The monoisotopic (exact) mass is 481 g/mol. The number of carbonyl (C=O) groups excluding carboxylic acids is 1. The predicted molar refractivity (Wildman–Crippen MR) is 127 cm³/mol. The van der Waals surface area contributed by atoms with Gasteiger partial charge >= 0.3 is 5.63 Å². The van der Waals surface area contributed by atoms with Crippen LogP contribution in [0.25, 0.3) is 0 Å². The molecule has 35 heavy (non-hydrogen) atoms. The summed E-state index contributed by atoms with van der Waals surface area (Å²) in [4.78, 5) is 25.7. The zero-order chi connectivity index (χ0) is 24.9. The Balaban J connectivity index is 1.58. The van der Waals surface area contributed by atoms with Gasteiger partial charge in [-0.2, -0.15) is 0 Å². The minimum Gasteiger partial charge on any atom is -0.507 e. The summed E-state index contributed by atoms with van der Waals surface area (Å²) in [6, 6.07) is 12.3. The average molecular weight is 482 g/mol. The van der Waals surface area contributed by atoms with Gasteiger partial charge in [0, 0.05) is 24.9 Å². The predicted octanol–water partition coefficient (Wildman–Crippen LogP) is 3.28. The molecule has 0 bridgehead atoms. The van der Waals surface area contributed by atoms with E-state index in [4.69, 9.17) is 23.4 Å². The maximum atomic E-state index is 12.9. The van der Waals surface area contributed by atoms with E-state index in [-0.39, 0.29) is 36.2 Å². The molecule has 0 saturated carbocycles. The molecular formula is C26H27NO8. The number of fused-ring (bicyclic) bond motifs is 1. The van der Waals surface area contributed by atoms with E-state index in [1.807, 2.05) is 24.3 Å². The first-order valence-corrected chi connectivity index (χ1v) is 11.1. The lowest BCUT2D eigenvalue weighted by Crippen LogP contribution is -2.28. The second kappa shape index (κ2) is 10.4. The van der Waals surface area contributed by atoms with Gasteiger partial charge in [0.2, 0.25) is 18.4 Å². The molecule has 1 amide bonds. The standard InChI is InChI=1S/C26H27NO8/c1-15-10-20(28)24(26(30)35-15)19(17-11-21(32-3)25-22(12-17)33-14-34-25)13-23(29)27-9-8-16-4-6-18(31-2)7-5-16/h4-7,10-12,19,28H,8-9,13-14H2,1-3H3,(H,27,29)/t19-/m1/s1. The van der Waals surface area contributed by atoms with Gasteiger partial charge in [0.1, 0.15) is 17.3 Å². The molecule has 3 aromatic rings. The highest BCUT2D eigenvalue weighted by Gasteiger charge is 2.29. The van der Waals surface area contributed by atoms with Crippen LogP contribution in [0.4, 0.5) is 0 Å². The Bertz CT molecular complexity index is 1270. The molecule has 0 unspecified atom stereocenters. The number of hydrogen-bond acceptors (Lipinski definition) is 8. The Hall–Kier alpha value is -4.14. The van der Waals surface area contributed by atoms with Gasteiger partial charge in [0.05, 0.1) is 19.8 Å². The molecule has 0 fully saturated rings. The van der Waals surface area contributed by atoms with Crippen LogP contribution in [0, 0.1) is 6.92 Å². The summed E-state index contributed by atoms with van der Waals surface area (Å²) >= 11 is 0. The molecule has 184 valence electrons. The summed E-state index contributed by atoms with van der Waals surface area (Å²) in [7, 11) is 3.09. The van der Waals surface area contributed by atoms with Crippen molar-refractivity contribution in [2.75, 3.05) is 27.6 Å². The Morgan fingerprint density at radius 3 is 2.57 bits per heavy atom. The van der Waals surface area contributed by atoms with Crippen molar-refractivity contribution in [1.82, 2.24) is 5.32 Å². The van der Waals surface area contributed by atoms with E-state index in [0.29, 0.717) is 35.8 Å². The summed E-state index contributed by atoms with van der Waals surface area (Å²) in [5.74, 6) is 0.955. The maximum absolute atomic E-state index is 12.9. The molecule has 2 N–H and O–H groups in total. The summed E-state index contributed by atoms with van der Waals surface area (Å²) < 4.78 is 26.8. The van der Waals surface area contributed by atoms with E-state index >= 15 is 0 Å². The Morgan fingerprint density at radius 1 is 1.11 bits per heavy atom. The van der Waals surface area contributed by atoms with Crippen LogP contribution in [-0.2, 0) is 11.2 Å². The van der Waals surface area contributed by atoms with Crippen LogP contribution in [0.5, 0.6) is 28.7 Å². The Labute approximate surface area is 202 Å². The highest BCUT2D eigenvalue weighted by Crippen LogP contribution is 2.45. The molecule has 1 atom stereocenters. The van der Waals surface area contributed by atoms with E-state index in [1.165, 1.54) is 13.2 Å². The SMILES string of the molecule is COc1ccc(CCNC(=O)C[C@H](c2cc(OC)c3c(c2)OCO3)c2c(O)cc(C)oc2=O)cc1. The Morgan fingerprint density at radius 2 is 1.89 bits per heavy atom. The topological polar surface area (TPSA) is 116 Å². The van der Waals surface area contributed by atoms with Crippen molar-refractivity contribution in [3.05, 3.63) is 75.3 Å². The first-order valence-electron chi connectivity index (χ1n) is 11.1. The lowest BCUT2D eigenvalue weighted by Gasteiger charge is -2.19. The van der Waals surface area contributed by atoms with E-state index < -0.39 is 11.5 Å². The number of aromatic hydroxyl groups is 1. The van der Waals surface area contributed by atoms with E-state index in [1.54, 1.807) is 26.2 Å². The number of ether oxygens (including phenoxy) is 4. The van der Waals surface area contributed by atoms with Gasteiger partial charge in [-0.25, -0.2) is 4.79 Å². The summed E-state index contributed by atoms with van der Waals surface area (Å²) in [5, 5.41) is 13.5. The fourth-order valence-corrected chi connectivity index (χ4v) is 4.06. The second-order valence-electron chi connectivity index (χ2n) is 8.11. The molecule has 0 spiro atoms. The number of methoxy groups -OCH3 is 2. The molecule has 0 saturated heterocycles. The van der Waals surface area contributed by atoms with Crippen molar-refractivity contribution in [3.8, 4) is 28.7 Å². The highest BCUT2D eigenvalue weighted by molar-refractivity contribution is 5.78. The van der Waals surface area contributed by atoms with Gasteiger partial charge in [-0.15, -0.1) is 0 Å². The van der Waals surface area contributed by atoms with Gasteiger partial charge in [0.15, 0.2) is 11.5 Å². The minimum atomic E-state index is -0.809. The van der Waals surface area contributed by atoms with Crippen molar-refractivity contribution < 1.29 is 33.3 Å². The van der Waals surface area contributed by atoms with Crippen molar-refractivity contribution in [2.45, 2.75) is 25.7 Å². The first kappa shape index (κ1) is 24.0. The largest absolute Gasteiger partial charge is 0.507 e. The zero-order valence-corrected chi connectivity index (χ0v) is 19.8. The number of benzene rings is 2. The quantitative estimate of drug-likeness (QED) is 0.478. The van der Waals surface area contributed by atoms with Crippen molar-refractivity contribution in [2.24, 2.45) is 0 Å². The molecule has 0 radical (unpaired) electrons. The number of carbonyl (C=O) groups is 1. The Kier molecular flexibility index (Phi) is 7.14. The summed E-state index contributed by atoms with van der Waals surface area (Å²) in [6.07, 6.45) is 0.517. The van der Waals surface area contributed by atoms with E-state index in [0.717, 1.165) is 11.3 Å². The minimum absolute atomic E-state index is 0.0122. The molecule has 1 aromatic heterocycles. The van der Waals surface area contributed by atoms with Crippen molar-refractivity contribution in [1.29, 1.82) is 0 Å². The third kappa shape index (κ3) is 5.34. The van der Waals surface area contributed by atoms with Crippen LogP contribution in [0.3, 0.4) is 0 Å². The van der Waals surface area contributed by atoms with Gasteiger partial charge in [0.25, 0.3) is 0 Å². The van der Waals surface area contributed by atoms with Crippen LogP contribution < -0.4 is 29.9 Å². The van der Waals surface area contributed by atoms with Crippen molar-refractivity contribution >= 4 is 5.91 Å². The number of hydrogen-bond donors (Lipinski definition) is 2. The third-order valence-corrected chi connectivity index (χ3v) is 5.81. The van der Waals surface area contributed by atoms with Crippen LogP contribution in [0.15, 0.2) is 51.7 Å². The van der Waals surface area contributed by atoms with Crippen LogP contribution in [0.2, 0.25) is 0 Å². The molecule has 2 heterocycles. The molecule has 9 heteroatoms. The number of nitrogens with one attached hydrogen (secondary N) is 1. The average Bonchev–Trinajstić information content (AvgIpc) is 3.31. The molecule has 4 rings (SSSR count). The van der Waals surface area contributed by atoms with Gasteiger partial charge in [-0.1, -0.05) is 12.1 Å². The maximum Gasteiger partial charge on any atom is 0.343 e. The third-order valence-electron chi connectivity index (χ3n) is 5.81. The second-order valence-corrected chi connectivity index (χ2v) is 8.11. The molecule has 1 aliphatic rings. The normalized spacial score (nSPS) is 12.8. The van der Waals surface area contributed by atoms with Crippen LogP contribution in [-0.4, -0.2) is 38.6 Å². The number of rotatable bonds is 9. The molecule has 1 aliphatic heterocycles. The fourth-order valence-electron chi connectivity index (χ4n) is 4.06. The molecule has 0 aliphatic carbocycles. The highest BCUT2D eigenvalue weighted by atomic mass is 16.7. The summed E-state index contributed by atoms with van der Waals surface area (Å²) in [5.41, 5.74) is 0.861. The van der Waals surface area contributed by atoms with Crippen LogP contribution >= 0.6 is 0 Å². The number of aryl methyl sites for hydroxylation is 1. The first-order chi connectivity index (χ1) is 16.9. The molecule has 2 aromatic carbocycles. The molecular weight excluding hydrogens is 454 g/mol. The van der Waals surface area contributed by atoms with Gasteiger partial charge in [-0.3, -0.25) is 4.79 Å². The van der Waals surface area contributed by atoms with Gasteiger partial charge in [-0.05, 0) is 48.7 Å². The van der Waals surface area contributed by atoms with E-state index in [9.17, 15) is 14.7 Å². The van der Waals surface area contributed by atoms with E-state index in [2.05, 4.69) is 5.32 Å². The smallest absolute Gasteiger partial charge is 0.343 e. The van der Waals surface area contributed by atoms with Gasteiger partial charge < -0.3 is 33.8 Å². The number of amides is 1. The van der Waals surface area contributed by atoms with Crippen molar-refractivity contribution in [3.63, 3.8) is 0 Å². The lowest BCUT2D eigenvalue weighted by atomic mass is 9.88. The fraction of sp³-hybridized carbons (Fsp3) is 0.308. The zero-order valence-electron chi connectivity index (χ0n) is 19.8.